The monoisotopic (exact) mass is 280 g/mol. The summed E-state index contributed by atoms with van der Waals surface area (Å²) in [6.45, 7) is 1.94. The molecule has 0 saturated carbocycles. The molecule has 1 atom stereocenters. The Labute approximate surface area is 103 Å². The molecule has 0 radical (unpaired) electrons. The minimum atomic E-state index is -0.0671. The minimum Gasteiger partial charge on any atom is -0.387 e. The fraction of sp³-hybridized carbons (Fsp3) is 0.417. The maximum absolute atomic E-state index is 5.61. The average molecular weight is 281 g/mol. The Morgan fingerprint density at radius 2 is 2.12 bits per heavy atom. The van der Waals surface area contributed by atoms with E-state index in [4.69, 9.17) is 4.84 Å². The van der Waals surface area contributed by atoms with E-state index in [9.17, 15) is 0 Å². The molecule has 2 heterocycles. The lowest BCUT2D eigenvalue weighted by molar-refractivity contribution is -0.00190. The van der Waals surface area contributed by atoms with Gasteiger partial charge in [-0.05, 0) is 24.2 Å². The molecule has 0 aliphatic carbocycles. The van der Waals surface area contributed by atoms with Crippen molar-refractivity contribution in [1.82, 2.24) is 5.32 Å². The van der Waals surface area contributed by atoms with Crippen molar-refractivity contribution < 1.29 is 4.84 Å². The molecule has 1 N–H and O–H groups in total. The molecule has 1 aromatic rings. The summed E-state index contributed by atoms with van der Waals surface area (Å²) in [6, 6.07) is 8.23. The van der Waals surface area contributed by atoms with Gasteiger partial charge in [0.25, 0.3) is 0 Å². The molecular formula is C12H13BrN2O. The summed E-state index contributed by atoms with van der Waals surface area (Å²) in [5.41, 5.74) is 2.16. The van der Waals surface area contributed by atoms with Crippen molar-refractivity contribution in [1.29, 1.82) is 0 Å². The Bertz CT molecular complexity index is 421. The first-order valence-electron chi connectivity index (χ1n) is 5.49. The van der Waals surface area contributed by atoms with E-state index in [1.54, 1.807) is 0 Å². The highest BCUT2D eigenvalue weighted by Crippen LogP contribution is 2.32. The van der Waals surface area contributed by atoms with Gasteiger partial charge in [0.1, 0.15) is 0 Å². The van der Waals surface area contributed by atoms with Gasteiger partial charge in [-0.1, -0.05) is 33.2 Å². The number of nitrogens with zero attached hydrogens (tertiary/aromatic N) is 1. The van der Waals surface area contributed by atoms with Crippen molar-refractivity contribution in [3.63, 3.8) is 0 Å². The maximum atomic E-state index is 5.61. The zero-order chi connectivity index (χ0) is 11.0. The molecule has 1 saturated heterocycles. The lowest BCUT2D eigenvalue weighted by atomic mass is 9.93. The first kappa shape index (κ1) is 10.3. The molecule has 2 aliphatic rings. The number of halogens is 1. The van der Waals surface area contributed by atoms with Gasteiger partial charge in [-0.2, -0.15) is 0 Å². The topological polar surface area (TPSA) is 33.6 Å². The number of oxime groups is 1. The van der Waals surface area contributed by atoms with Crippen LogP contribution in [0.1, 0.15) is 18.4 Å². The van der Waals surface area contributed by atoms with Crippen LogP contribution in [0.25, 0.3) is 0 Å². The van der Waals surface area contributed by atoms with Crippen LogP contribution in [0.2, 0.25) is 0 Å². The summed E-state index contributed by atoms with van der Waals surface area (Å²) in [5, 5.41) is 7.56. The summed E-state index contributed by atoms with van der Waals surface area (Å²) < 4.78 is 1.09. The highest BCUT2D eigenvalue weighted by atomic mass is 79.9. The molecule has 1 unspecified atom stereocenters. The van der Waals surface area contributed by atoms with Crippen LogP contribution >= 0.6 is 15.9 Å². The van der Waals surface area contributed by atoms with Crippen LogP contribution in [-0.2, 0) is 4.84 Å². The largest absolute Gasteiger partial charge is 0.387 e. The summed E-state index contributed by atoms with van der Waals surface area (Å²) in [4.78, 5) is 5.61. The van der Waals surface area contributed by atoms with Crippen molar-refractivity contribution in [2.24, 2.45) is 5.16 Å². The standard InChI is InChI=1S/C12H13BrN2O/c13-10-3-1-9(2-4-10)11-7-12(16-15-11)5-6-14-8-12/h1-4,14H,5-8H2. The second-order valence-corrected chi connectivity index (χ2v) is 5.34. The SMILES string of the molecule is Brc1ccc(C2=NOC3(CCNC3)C2)cc1. The molecule has 84 valence electrons. The normalized spacial score (nSPS) is 28.2. The van der Waals surface area contributed by atoms with Gasteiger partial charge in [0.05, 0.1) is 5.71 Å². The van der Waals surface area contributed by atoms with Gasteiger partial charge in [0, 0.05) is 23.9 Å². The van der Waals surface area contributed by atoms with Gasteiger partial charge in [-0.15, -0.1) is 0 Å². The molecule has 1 aromatic carbocycles. The molecule has 2 aliphatic heterocycles. The van der Waals surface area contributed by atoms with E-state index < -0.39 is 0 Å². The Kier molecular flexibility index (Phi) is 2.48. The molecular weight excluding hydrogens is 268 g/mol. The molecule has 16 heavy (non-hydrogen) atoms. The van der Waals surface area contributed by atoms with E-state index >= 15 is 0 Å². The smallest absolute Gasteiger partial charge is 0.156 e. The predicted molar refractivity (Wildman–Crippen MR) is 66.6 cm³/mol. The van der Waals surface area contributed by atoms with Gasteiger partial charge >= 0.3 is 0 Å². The third-order valence-corrected chi connectivity index (χ3v) is 3.75. The Morgan fingerprint density at radius 3 is 2.81 bits per heavy atom. The van der Waals surface area contributed by atoms with E-state index in [1.807, 2.05) is 12.1 Å². The predicted octanol–water partition coefficient (Wildman–Crippen LogP) is 2.31. The van der Waals surface area contributed by atoms with Crippen LogP contribution in [0.3, 0.4) is 0 Å². The minimum absolute atomic E-state index is 0.0671. The van der Waals surface area contributed by atoms with Crippen LogP contribution in [0, 0.1) is 0 Å². The first-order valence-corrected chi connectivity index (χ1v) is 6.28. The third-order valence-electron chi connectivity index (χ3n) is 3.22. The average Bonchev–Trinajstić information content (AvgIpc) is 2.91. The third kappa shape index (κ3) is 1.76. The van der Waals surface area contributed by atoms with Gasteiger partial charge in [0.15, 0.2) is 5.60 Å². The van der Waals surface area contributed by atoms with Crippen molar-refractivity contribution in [3.05, 3.63) is 34.3 Å². The summed E-state index contributed by atoms with van der Waals surface area (Å²) in [5.74, 6) is 0. The van der Waals surface area contributed by atoms with Crippen molar-refractivity contribution in [3.8, 4) is 0 Å². The number of benzene rings is 1. The van der Waals surface area contributed by atoms with Crippen LogP contribution in [0.4, 0.5) is 0 Å². The Morgan fingerprint density at radius 1 is 1.31 bits per heavy atom. The fourth-order valence-corrected chi connectivity index (χ4v) is 2.53. The van der Waals surface area contributed by atoms with E-state index in [2.05, 4.69) is 38.5 Å². The molecule has 4 heteroatoms. The summed E-state index contributed by atoms with van der Waals surface area (Å²) >= 11 is 3.43. The second-order valence-electron chi connectivity index (χ2n) is 4.42. The number of hydrogen-bond acceptors (Lipinski definition) is 3. The Balaban J connectivity index is 1.80. The highest BCUT2D eigenvalue weighted by molar-refractivity contribution is 9.10. The van der Waals surface area contributed by atoms with E-state index in [-0.39, 0.29) is 5.60 Å². The molecule has 3 nitrogen and oxygen atoms in total. The molecule has 0 bridgehead atoms. The van der Waals surface area contributed by atoms with Crippen molar-refractivity contribution in [2.45, 2.75) is 18.4 Å². The van der Waals surface area contributed by atoms with Crippen LogP contribution in [0.5, 0.6) is 0 Å². The van der Waals surface area contributed by atoms with Crippen molar-refractivity contribution >= 4 is 21.6 Å². The van der Waals surface area contributed by atoms with E-state index in [0.29, 0.717) is 0 Å². The van der Waals surface area contributed by atoms with Gasteiger partial charge in [0.2, 0.25) is 0 Å². The molecule has 3 rings (SSSR count). The Hall–Kier alpha value is -0.870. The van der Waals surface area contributed by atoms with E-state index in [1.165, 1.54) is 0 Å². The second kappa shape index (κ2) is 3.86. The van der Waals surface area contributed by atoms with E-state index in [0.717, 1.165) is 41.7 Å². The van der Waals surface area contributed by atoms with Crippen LogP contribution in [0.15, 0.2) is 33.9 Å². The molecule has 1 fully saturated rings. The van der Waals surface area contributed by atoms with Gasteiger partial charge < -0.3 is 10.2 Å². The summed E-state index contributed by atoms with van der Waals surface area (Å²) in [6.07, 6.45) is 1.97. The highest BCUT2D eigenvalue weighted by Gasteiger charge is 2.41. The van der Waals surface area contributed by atoms with Crippen molar-refractivity contribution in [2.75, 3.05) is 13.1 Å². The fourth-order valence-electron chi connectivity index (χ4n) is 2.27. The lowest BCUT2D eigenvalue weighted by Gasteiger charge is -2.18. The van der Waals surface area contributed by atoms with Gasteiger partial charge in [-0.3, -0.25) is 0 Å². The number of nitrogens with one attached hydrogen (secondary N) is 1. The zero-order valence-electron chi connectivity index (χ0n) is 8.87. The molecule has 1 spiro atoms. The number of rotatable bonds is 1. The zero-order valence-corrected chi connectivity index (χ0v) is 10.5. The first-order chi connectivity index (χ1) is 7.77. The van der Waals surface area contributed by atoms with Gasteiger partial charge in [-0.25, -0.2) is 0 Å². The number of hydrogen-bond donors (Lipinski definition) is 1. The lowest BCUT2D eigenvalue weighted by Crippen LogP contribution is -2.31. The molecule has 0 amide bonds. The summed E-state index contributed by atoms with van der Waals surface area (Å²) in [7, 11) is 0. The molecule has 0 aromatic heterocycles. The van der Waals surface area contributed by atoms with Crippen LogP contribution in [-0.4, -0.2) is 24.4 Å². The maximum Gasteiger partial charge on any atom is 0.156 e. The van der Waals surface area contributed by atoms with Crippen LogP contribution < -0.4 is 5.32 Å². The quantitative estimate of drug-likeness (QED) is 0.857.